The van der Waals surface area contributed by atoms with Crippen LogP contribution in [0.4, 0.5) is 4.79 Å². The third-order valence-electron chi connectivity index (χ3n) is 9.06. The number of methoxy groups -OCH3 is 2. The minimum absolute atomic E-state index is 0.109. The first-order valence-electron chi connectivity index (χ1n) is 17.7. The zero-order chi connectivity index (χ0) is 35.6. The maximum atomic E-state index is 13.1. The number of ether oxygens (including phenoxy) is 3. The van der Waals surface area contributed by atoms with Gasteiger partial charge in [0.15, 0.2) is 11.5 Å². The molecule has 4 rings (SSSR count). The molecule has 0 radical (unpaired) electrons. The van der Waals surface area contributed by atoms with Crippen LogP contribution >= 0.6 is 0 Å². The summed E-state index contributed by atoms with van der Waals surface area (Å²) in [6.45, 7) is 11.1. The summed E-state index contributed by atoms with van der Waals surface area (Å²) in [5, 5.41) is 3.35. The average molecular weight is 681 g/mol. The van der Waals surface area contributed by atoms with E-state index in [4.69, 9.17) is 18.6 Å². The SMILES string of the molecule is COc1ccc(-c2cn(C)c(=O)c3cc(CN4CCN(C(=O)CCCCCCCCCCNC(=O)OC(C)(C)C)C[C@H]4C)oc23)cc1OC. The fraction of sp³-hybridized carbons (Fsp3) is 0.605. The second kappa shape index (κ2) is 17.6. The van der Waals surface area contributed by atoms with Crippen molar-refractivity contribution in [2.45, 2.75) is 104 Å². The van der Waals surface area contributed by atoms with E-state index in [0.717, 1.165) is 62.0 Å². The molecule has 2 aromatic heterocycles. The predicted molar refractivity (Wildman–Crippen MR) is 192 cm³/mol. The number of amides is 2. The molecule has 3 heterocycles. The van der Waals surface area contributed by atoms with Gasteiger partial charge in [0.25, 0.3) is 5.56 Å². The highest BCUT2D eigenvalue weighted by molar-refractivity contribution is 5.92. The monoisotopic (exact) mass is 680 g/mol. The third kappa shape index (κ3) is 10.7. The molecule has 1 atom stereocenters. The first kappa shape index (κ1) is 37.8. The summed E-state index contributed by atoms with van der Waals surface area (Å²) in [6, 6.07) is 7.68. The van der Waals surface area contributed by atoms with Crippen molar-refractivity contribution in [2.75, 3.05) is 40.4 Å². The van der Waals surface area contributed by atoms with Crippen molar-refractivity contribution in [2.24, 2.45) is 7.05 Å². The van der Waals surface area contributed by atoms with Crippen LogP contribution in [0.2, 0.25) is 0 Å². The van der Waals surface area contributed by atoms with Gasteiger partial charge in [0.1, 0.15) is 16.9 Å². The Morgan fingerprint density at radius 2 is 1.61 bits per heavy atom. The van der Waals surface area contributed by atoms with E-state index in [2.05, 4.69) is 17.1 Å². The van der Waals surface area contributed by atoms with E-state index in [0.29, 0.717) is 55.1 Å². The van der Waals surface area contributed by atoms with Crippen molar-refractivity contribution in [3.8, 4) is 22.6 Å². The van der Waals surface area contributed by atoms with E-state index >= 15 is 0 Å². The third-order valence-corrected chi connectivity index (χ3v) is 9.06. The number of carbonyl (C=O) groups excluding carboxylic acids is 2. The summed E-state index contributed by atoms with van der Waals surface area (Å²) < 4.78 is 24.1. The molecule has 1 aliphatic rings. The highest BCUT2D eigenvalue weighted by Gasteiger charge is 2.28. The van der Waals surface area contributed by atoms with Crippen LogP contribution in [0, 0.1) is 0 Å². The summed E-state index contributed by atoms with van der Waals surface area (Å²) in [5.74, 6) is 2.19. The number of furan rings is 1. The summed E-state index contributed by atoms with van der Waals surface area (Å²) in [7, 11) is 4.94. The molecule has 11 nitrogen and oxygen atoms in total. The number of alkyl carbamates (subject to hydrolysis) is 1. The number of rotatable bonds is 16. The van der Waals surface area contributed by atoms with Crippen LogP contribution in [0.3, 0.4) is 0 Å². The molecule has 0 unspecified atom stereocenters. The van der Waals surface area contributed by atoms with Gasteiger partial charge in [-0.15, -0.1) is 0 Å². The Morgan fingerprint density at radius 3 is 2.27 bits per heavy atom. The van der Waals surface area contributed by atoms with Gasteiger partial charge in [-0.1, -0.05) is 44.6 Å². The highest BCUT2D eigenvalue weighted by atomic mass is 16.6. The number of hydrogen-bond donors (Lipinski definition) is 1. The first-order chi connectivity index (χ1) is 23.4. The first-order valence-corrected chi connectivity index (χ1v) is 17.7. The molecule has 49 heavy (non-hydrogen) atoms. The normalized spacial score (nSPS) is 15.4. The molecular formula is C38H56N4O7. The molecule has 1 fully saturated rings. The standard InChI is InChI=1S/C38H56N4O7/c1-27-24-42(34(43)16-14-12-10-8-9-11-13-15-19-39-37(45)49-38(2,3)4)21-20-41(27)25-29-23-30-35(48-29)31(26-40(5)36(30)44)28-17-18-32(46-6)33(22-28)47-7/h17-18,22-23,26-27H,8-16,19-21,24-25H2,1-7H3,(H,39,45)/t27-/m1/s1. The summed E-state index contributed by atoms with van der Waals surface area (Å²) in [5.41, 5.74) is 1.64. The van der Waals surface area contributed by atoms with Crippen molar-refractivity contribution < 1.29 is 28.2 Å². The molecule has 0 saturated carbocycles. The van der Waals surface area contributed by atoms with Crippen molar-refractivity contribution >= 4 is 23.0 Å². The lowest BCUT2D eigenvalue weighted by atomic mass is 10.1. The molecule has 3 aromatic rings. The second-order valence-electron chi connectivity index (χ2n) is 14.2. The molecule has 2 amide bonds. The molecule has 0 aliphatic carbocycles. The van der Waals surface area contributed by atoms with E-state index < -0.39 is 5.60 Å². The second-order valence-corrected chi connectivity index (χ2v) is 14.2. The Hall–Kier alpha value is -3.99. The van der Waals surface area contributed by atoms with E-state index in [1.54, 1.807) is 32.0 Å². The smallest absolute Gasteiger partial charge is 0.407 e. The van der Waals surface area contributed by atoms with Gasteiger partial charge in [0, 0.05) is 57.4 Å². The fourth-order valence-corrected chi connectivity index (χ4v) is 6.37. The Labute approximate surface area is 290 Å². The molecular weight excluding hydrogens is 624 g/mol. The van der Waals surface area contributed by atoms with Crippen molar-refractivity contribution in [1.29, 1.82) is 0 Å². The number of hydrogen-bond acceptors (Lipinski definition) is 8. The fourth-order valence-electron chi connectivity index (χ4n) is 6.37. The Balaban J connectivity index is 1.18. The quantitative estimate of drug-likeness (QED) is 0.163. The molecule has 11 heteroatoms. The number of pyridine rings is 1. The zero-order valence-corrected chi connectivity index (χ0v) is 30.6. The minimum atomic E-state index is -0.467. The van der Waals surface area contributed by atoms with Crippen LogP contribution in [-0.4, -0.2) is 78.4 Å². The topological polar surface area (TPSA) is 115 Å². The van der Waals surface area contributed by atoms with E-state index in [1.165, 1.54) is 12.8 Å². The molecule has 270 valence electrons. The van der Waals surface area contributed by atoms with Crippen LogP contribution in [0.1, 0.15) is 91.2 Å². The van der Waals surface area contributed by atoms with Gasteiger partial charge in [-0.05, 0) is 64.3 Å². The van der Waals surface area contributed by atoms with E-state index in [1.807, 2.05) is 49.9 Å². The van der Waals surface area contributed by atoms with E-state index in [9.17, 15) is 14.4 Å². The van der Waals surface area contributed by atoms with Crippen LogP contribution in [-0.2, 0) is 23.1 Å². The van der Waals surface area contributed by atoms with Gasteiger partial charge < -0.3 is 33.4 Å². The van der Waals surface area contributed by atoms with Gasteiger partial charge in [-0.3, -0.25) is 14.5 Å². The lowest BCUT2D eigenvalue weighted by Gasteiger charge is -2.39. The molecule has 1 N–H and O–H groups in total. The van der Waals surface area contributed by atoms with Gasteiger partial charge in [-0.2, -0.15) is 0 Å². The Bertz CT molecular complexity index is 1610. The van der Waals surface area contributed by atoms with Crippen LogP contribution in [0.5, 0.6) is 11.5 Å². The summed E-state index contributed by atoms with van der Waals surface area (Å²) in [4.78, 5) is 42.1. The number of unbranched alkanes of at least 4 members (excludes halogenated alkanes) is 7. The minimum Gasteiger partial charge on any atom is -0.493 e. The molecule has 0 bridgehead atoms. The van der Waals surface area contributed by atoms with Crippen molar-refractivity contribution in [3.63, 3.8) is 0 Å². The van der Waals surface area contributed by atoms with Crippen LogP contribution < -0.4 is 20.3 Å². The summed E-state index contributed by atoms with van der Waals surface area (Å²) >= 11 is 0. The van der Waals surface area contributed by atoms with Gasteiger partial charge in [-0.25, -0.2) is 4.79 Å². The molecule has 1 aliphatic heterocycles. The number of piperazine rings is 1. The lowest BCUT2D eigenvalue weighted by molar-refractivity contribution is -0.134. The zero-order valence-electron chi connectivity index (χ0n) is 30.6. The number of nitrogens with one attached hydrogen (secondary N) is 1. The Kier molecular flexibility index (Phi) is 13.6. The highest BCUT2D eigenvalue weighted by Crippen LogP contribution is 2.36. The van der Waals surface area contributed by atoms with Gasteiger partial charge >= 0.3 is 6.09 Å². The largest absolute Gasteiger partial charge is 0.493 e. The Morgan fingerprint density at radius 1 is 0.939 bits per heavy atom. The lowest BCUT2D eigenvalue weighted by Crippen LogP contribution is -2.53. The van der Waals surface area contributed by atoms with Gasteiger partial charge in [0.2, 0.25) is 5.91 Å². The maximum Gasteiger partial charge on any atom is 0.407 e. The maximum absolute atomic E-state index is 13.1. The van der Waals surface area contributed by atoms with Crippen molar-refractivity contribution in [1.82, 2.24) is 19.7 Å². The molecule has 1 saturated heterocycles. The number of fused-ring (bicyclic) bond motifs is 1. The number of benzene rings is 1. The number of nitrogens with zero attached hydrogens (tertiary/aromatic N) is 3. The number of aryl methyl sites for hydroxylation is 1. The van der Waals surface area contributed by atoms with Crippen LogP contribution in [0.15, 0.2) is 39.7 Å². The van der Waals surface area contributed by atoms with Crippen LogP contribution in [0.25, 0.3) is 22.1 Å². The van der Waals surface area contributed by atoms with Crippen molar-refractivity contribution in [3.05, 3.63) is 46.6 Å². The average Bonchev–Trinajstić information content (AvgIpc) is 3.49. The number of carbonyl (C=O) groups is 2. The summed E-state index contributed by atoms with van der Waals surface area (Å²) in [6.07, 6.45) is 10.7. The molecule has 0 spiro atoms. The number of aromatic nitrogens is 1. The predicted octanol–water partition coefficient (Wildman–Crippen LogP) is 6.88. The van der Waals surface area contributed by atoms with Gasteiger partial charge in [0.05, 0.1) is 26.2 Å². The van der Waals surface area contributed by atoms with E-state index in [-0.39, 0.29) is 23.6 Å². The molecule has 1 aromatic carbocycles.